The number of nitrogens with zero attached hydrogens (tertiary/aromatic N) is 2. The number of imidazole rings is 1. The van der Waals surface area contributed by atoms with Gasteiger partial charge in [-0.1, -0.05) is 23.2 Å². The molecule has 0 saturated carbocycles. The van der Waals surface area contributed by atoms with Crippen LogP contribution in [0.1, 0.15) is 5.69 Å². The molecule has 0 atom stereocenters. The van der Waals surface area contributed by atoms with Crippen LogP contribution in [0.15, 0.2) is 30.5 Å². The highest BCUT2D eigenvalue weighted by Crippen LogP contribution is 2.33. The van der Waals surface area contributed by atoms with Crippen molar-refractivity contribution in [3.05, 3.63) is 45.5 Å². The number of amides is 1. The monoisotopic (exact) mass is 325 g/mol. The molecule has 0 unspecified atom stereocenters. The highest BCUT2D eigenvalue weighted by Gasteiger charge is 2.17. The van der Waals surface area contributed by atoms with Gasteiger partial charge in [0.15, 0.2) is 0 Å². The number of fused-ring (bicyclic) bond motifs is 1. The fourth-order valence-corrected chi connectivity index (χ4v) is 3.26. The molecule has 0 aliphatic heterocycles. The predicted octanol–water partition coefficient (Wildman–Crippen LogP) is 3.40. The maximum absolute atomic E-state index is 11.3. The van der Waals surface area contributed by atoms with Crippen molar-refractivity contribution in [1.29, 1.82) is 0 Å². The van der Waals surface area contributed by atoms with Crippen molar-refractivity contribution >= 4 is 46.1 Å². The Morgan fingerprint density at radius 3 is 2.75 bits per heavy atom. The Balaban J connectivity index is 2.27. The second kappa shape index (κ2) is 5.09. The van der Waals surface area contributed by atoms with Gasteiger partial charge in [0.25, 0.3) is 0 Å². The summed E-state index contributed by atoms with van der Waals surface area (Å²) in [4.78, 5) is 16.7. The fourth-order valence-electron chi connectivity index (χ4n) is 2.04. The number of rotatable bonds is 3. The number of carbonyl (C=O) groups is 1. The number of thiophene rings is 1. The number of nitrogens with two attached hydrogens (primary N) is 1. The van der Waals surface area contributed by atoms with Crippen LogP contribution in [0.3, 0.4) is 0 Å². The van der Waals surface area contributed by atoms with Crippen molar-refractivity contribution in [2.45, 2.75) is 6.42 Å². The third kappa shape index (κ3) is 2.40. The summed E-state index contributed by atoms with van der Waals surface area (Å²) in [6.07, 6.45) is 1.81. The van der Waals surface area contributed by atoms with Crippen LogP contribution in [0.25, 0.3) is 16.2 Å². The van der Waals surface area contributed by atoms with Gasteiger partial charge in [-0.25, -0.2) is 4.98 Å². The summed E-state index contributed by atoms with van der Waals surface area (Å²) in [7, 11) is 0. The smallest absolute Gasteiger partial charge is 0.223 e. The Hall–Kier alpha value is -1.56. The number of carbonyl (C=O) groups excluding carboxylic acids is 1. The lowest BCUT2D eigenvalue weighted by Gasteiger charge is -2.02. The standard InChI is InChI=1S/C13H9Cl2N3OS/c14-7-1-4-12-17-13(9-2-3-10(15)20-9)8(5-11(16)19)18(12)6-7/h1-4,6H,5H2,(H2,16,19). The summed E-state index contributed by atoms with van der Waals surface area (Å²) in [5, 5.41) is 0.566. The van der Waals surface area contributed by atoms with Crippen molar-refractivity contribution in [3.8, 4) is 10.6 Å². The van der Waals surface area contributed by atoms with E-state index in [2.05, 4.69) is 4.98 Å². The van der Waals surface area contributed by atoms with Crippen molar-refractivity contribution in [3.63, 3.8) is 0 Å². The molecule has 2 N–H and O–H groups in total. The highest BCUT2D eigenvalue weighted by atomic mass is 35.5. The van der Waals surface area contributed by atoms with E-state index in [1.165, 1.54) is 11.3 Å². The molecule has 0 fully saturated rings. The molecule has 7 heteroatoms. The Kier molecular flexibility index (Phi) is 3.41. The zero-order valence-electron chi connectivity index (χ0n) is 10.1. The number of aromatic nitrogens is 2. The highest BCUT2D eigenvalue weighted by molar-refractivity contribution is 7.19. The van der Waals surface area contributed by atoms with Crippen molar-refractivity contribution in [1.82, 2.24) is 9.38 Å². The SMILES string of the molecule is NC(=O)Cc1c(-c2ccc(Cl)s2)nc2ccc(Cl)cn12. The minimum Gasteiger partial charge on any atom is -0.369 e. The van der Waals surface area contributed by atoms with Gasteiger partial charge in [-0.05, 0) is 24.3 Å². The lowest BCUT2D eigenvalue weighted by Crippen LogP contribution is -2.15. The minimum atomic E-state index is -0.421. The van der Waals surface area contributed by atoms with Gasteiger partial charge >= 0.3 is 0 Å². The molecular weight excluding hydrogens is 317 g/mol. The van der Waals surface area contributed by atoms with Gasteiger partial charge in [0.05, 0.1) is 26.4 Å². The maximum atomic E-state index is 11.3. The summed E-state index contributed by atoms with van der Waals surface area (Å²) >= 11 is 13.4. The van der Waals surface area contributed by atoms with Crippen LogP contribution in [0, 0.1) is 0 Å². The van der Waals surface area contributed by atoms with Gasteiger partial charge in [-0.3, -0.25) is 4.79 Å². The maximum Gasteiger partial charge on any atom is 0.223 e. The summed E-state index contributed by atoms with van der Waals surface area (Å²) in [6.45, 7) is 0. The van der Waals surface area contributed by atoms with E-state index in [1.807, 2.05) is 6.07 Å². The number of hydrogen-bond donors (Lipinski definition) is 1. The van der Waals surface area contributed by atoms with Gasteiger partial charge in [0.2, 0.25) is 5.91 Å². The number of halogens is 2. The van der Waals surface area contributed by atoms with E-state index in [0.717, 1.165) is 4.88 Å². The van der Waals surface area contributed by atoms with E-state index < -0.39 is 5.91 Å². The van der Waals surface area contributed by atoms with Crippen LogP contribution in [0.5, 0.6) is 0 Å². The van der Waals surface area contributed by atoms with Gasteiger partial charge in [0.1, 0.15) is 11.3 Å². The van der Waals surface area contributed by atoms with E-state index in [9.17, 15) is 4.79 Å². The van der Waals surface area contributed by atoms with Gasteiger partial charge in [0, 0.05) is 6.20 Å². The first kappa shape index (κ1) is 13.4. The Morgan fingerprint density at radius 2 is 2.10 bits per heavy atom. The zero-order valence-corrected chi connectivity index (χ0v) is 12.5. The molecule has 0 aliphatic carbocycles. The van der Waals surface area contributed by atoms with Crippen molar-refractivity contribution < 1.29 is 4.79 Å². The molecule has 0 aromatic carbocycles. The summed E-state index contributed by atoms with van der Waals surface area (Å²) in [6, 6.07) is 7.22. The second-order valence-electron chi connectivity index (χ2n) is 4.23. The quantitative estimate of drug-likeness (QED) is 0.802. The molecule has 3 rings (SSSR count). The van der Waals surface area contributed by atoms with Crippen LogP contribution in [0.4, 0.5) is 0 Å². The molecular formula is C13H9Cl2N3OS. The lowest BCUT2D eigenvalue weighted by atomic mass is 10.2. The minimum absolute atomic E-state index is 0.0896. The topological polar surface area (TPSA) is 60.4 Å². The third-order valence-corrected chi connectivity index (χ3v) is 4.29. The molecule has 3 aromatic rings. The zero-order chi connectivity index (χ0) is 14.3. The average molecular weight is 326 g/mol. The third-order valence-electron chi connectivity index (χ3n) is 2.83. The van der Waals surface area contributed by atoms with Crippen molar-refractivity contribution in [2.75, 3.05) is 0 Å². The fraction of sp³-hybridized carbons (Fsp3) is 0.0769. The molecule has 0 spiro atoms. The summed E-state index contributed by atoms with van der Waals surface area (Å²) in [5.74, 6) is -0.421. The Bertz CT molecular complexity index is 809. The molecule has 3 heterocycles. The molecule has 0 saturated heterocycles. The van der Waals surface area contributed by atoms with Crippen LogP contribution in [-0.4, -0.2) is 15.3 Å². The first-order chi connectivity index (χ1) is 9.54. The molecule has 0 aliphatic rings. The number of hydrogen-bond acceptors (Lipinski definition) is 3. The average Bonchev–Trinajstić information content (AvgIpc) is 2.94. The largest absolute Gasteiger partial charge is 0.369 e. The second-order valence-corrected chi connectivity index (χ2v) is 6.38. The van der Waals surface area contributed by atoms with Crippen LogP contribution in [-0.2, 0) is 11.2 Å². The molecule has 1 amide bonds. The molecule has 4 nitrogen and oxygen atoms in total. The van der Waals surface area contributed by atoms with Crippen molar-refractivity contribution in [2.24, 2.45) is 5.73 Å². The first-order valence-corrected chi connectivity index (χ1v) is 7.32. The van der Waals surface area contributed by atoms with Crippen LogP contribution in [0.2, 0.25) is 9.36 Å². The van der Waals surface area contributed by atoms with Gasteiger partial charge in [-0.15, -0.1) is 11.3 Å². The van der Waals surface area contributed by atoms with Gasteiger partial charge < -0.3 is 10.1 Å². The van der Waals surface area contributed by atoms with E-state index in [1.54, 1.807) is 28.8 Å². The molecule has 102 valence electrons. The molecule has 20 heavy (non-hydrogen) atoms. The van der Waals surface area contributed by atoms with E-state index in [-0.39, 0.29) is 6.42 Å². The number of primary amides is 1. The van der Waals surface area contributed by atoms with E-state index in [4.69, 9.17) is 28.9 Å². The summed E-state index contributed by atoms with van der Waals surface area (Å²) < 4.78 is 2.45. The van der Waals surface area contributed by atoms with E-state index in [0.29, 0.717) is 26.4 Å². The summed E-state index contributed by atoms with van der Waals surface area (Å²) in [5.41, 5.74) is 7.47. The lowest BCUT2D eigenvalue weighted by molar-refractivity contribution is -0.117. The predicted molar refractivity (Wildman–Crippen MR) is 81.4 cm³/mol. The Labute approximate surface area is 128 Å². The van der Waals surface area contributed by atoms with E-state index >= 15 is 0 Å². The van der Waals surface area contributed by atoms with Crippen LogP contribution < -0.4 is 5.73 Å². The normalized spacial score (nSPS) is 11.1. The molecule has 0 bridgehead atoms. The molecule has 0 radical (unpaired) electrons. The first-order valence-electron chi connectivity index (χ1n) is 5.75. The Morgan fingerprint density at radius 1 is 1.30 bits per heavy atom. The van der Waals surface area contributed by atoms with Gasteiger partial charge in [-0.2, -0.15) is 0 Å². The molecule has 3 aromatic heterocycles. The number of pyridine rings is 1. The van der Waals surface area contributed by atoms with Crippen LogP contribution >= 0.6 is 34.5 Å².